The number of halogens is 1. The van der Waals surface area contributed by atoms with Gasteiger partial charge < -0.3 is 0 Å². The molecular weight excluding hydrogens is 259 g/mol. The van der Waals surface area contributed by atoms with E-state index in [1.165, 1.54) is 31.4 Å². The second-order valence-corrected chi connectivity index (χ2v) is 4.52. The topological polar surface area (TPSA) is 0 Å². The number of rotatable bonds is 0. The highest BCUT2D eigenvalue weighted by molar-refractivity contribution is 14.1. The molecule has 0 amide bonds. The van der Waals surface area contributed by atoms with E-state index in [1.807, 2.05) is 0 Å². The van der Waals surface area contributed by atoms with Crippen LogP contribution in [0.2, 0.25) is 0 Å². The SMILES string of the molecule is Cc1c(C)c(C)c(I)c(C)c1C. The van der Waals surface area contributed by atoms with Crippen molar-refractivity contribution < 1.29 is 0 Å². The molecule has 0 spiro atoms. The van der Waals surface area contributed by atoms with Crippen molar-refractivity contribution in [2.45, 2.75) is 34.6 Å². The van der Waals surface area contributed by atoms with Crippen LogP contribution in [-0.4, -0.2) is 0 Å². The normalized spacial score (nSPS) is 10.5. The summed E-state index contributed by atoms with van der Waals surface area (Å²) in [6, 6.07) is 0. The van der Waals surface area contributed by atoms with Crippen LogP contribution >= 0.6 is 22.6 Å². The standard InChI is InChI=1S/C11H15I/c1-6-7(2)9(4)11(12)10(5)8(6)3/h1-5H3. The van der Waals surface area contributed by atoms with Crippen molar-refractivity contribution in [2.24, 2.45) is 0 Å². The van der Waals surface area contributed by atoms with Crippen LogP contribution < -0.4 is 0 Å². The Bertz CT molecular complexity index is 219. The van der Waals surface area contributed by atoms with Crippen LogP contribution in [0.1, 0.15) is 27.8 Å². The molecule has 0 nitrogen and oxygen atoms in total. The first kappa shape index (κ1) is 10.0. The Hall–Kier alpha value is -0.0500. The van der Waals surface area contributed by atoms with Gasteiger partial charge >= 0.3 is 0 Å². The van der Waals surface area contributed by atoms with Crippen LogP contribution in [-0.2, 0) is 0 Å². The van der Waals surface area contributed by atoms with Crippen molar-refractivity contribution >= 4 is 22.6 Å². The van der Waals surface area contributed by atoms with Crippen molar-refractivity contribution in [3.05, 3.63) is 31.4 Å². The smallest absolute Gasteiger partial charge is 0.0194 e. The Kier molecular flexibility index (Phi) is 2.81. The van der Waals surface area contributed by atoms with E-state index in [9.17, 15) is 0 Å². The van der Waals surface area contributed by atoms with Crippen LogP contribution in [0.3, 0.4) is 0 Å². The summed E-state index contributed by atoms with van der Waals surface area (Å²) in [5.41, 5.74) is 7.22. The van der Waals surface area contributed by atoms with Crippen molar-refractivity contribution in [2.75, 3.05) is 0 Å². The fourth-order valence-electron chi connectivity index (χ4n) is 1.45. The zero-order valence-corrected chi connectivity index (χ0v) is 10.5. The van der Waals surface area contributed by atoms with Crippen LogP contribution in [0.15, 0.2) is 0 Å². The molecule has 0 aromatic heterocycles. The summed E-state index contributed by atoms with van der Waals surface area (Å²) in [7, 11) is 0. The van der Waals surface area contributed by atoms with Gasteiger partial charge in [-0.2, -0.15) is 0 Å². The Morgan fingerprint density at radius 1 is 0.583 bits per heavy atom. The number of hydrogen-bond donors (Lipinski definition) is 0. The highest BCUT2D eigenvalue weighted by Gasteiger charge is 2.08. The molecule has 0 saturated heterocycles. The summed E-state index contributed by atoms with van der Waals surface area (Å²) in [4.78, 5) is 0. The van der Waals surface area contributed by atoms with Crippen LogP contribution in [0.25, 0.3) is 0 Å². The molecule has 1 rings (SSSR count). The van der Waals surface area contributed by atoms with E-state index in [0.29, 0.717) is 0 Å². The van der Waals surface area contributed by atoms with E-state index in [0.717, 1.165) is 0 Å². The van der Waals surface area contributed by atoms with Crippen molar-refractivity contribution in [1.82, 2.24) is 0 Å². The molecular formula is C11H15I. The molecule has 1 heteroatoms. The Labute approximate surface area is 88.5 Å². The zero-order chi connectivity index (χ0) is 9.46. The quantitative estimate of drug-likeness (QED) is 0.631. The summed E-state index contributed by atoms with van der Waals surface area (Å²) in [6.07, 6.45) is 0. The third-order valence-corrected chi connectivity index (χ3v) is 4.53. The van der Waals surface area contributed by atoms with E-state index in [1.54, 1.807) is 0 Å². The zero-order valence-electron chi connectivity index (χ0n) is 8.38. The molecule has 0 N–H and O–H groups in total. The van der Waals surface area contributed by atoms with Gasteiger partial charge in [0.25, 0.3) is 0 Å². The Balaban J connectivity index is 3.60. The lowest BCUT2D eigenvalue weighted by Gasteiger charge is -2.14. The molecule has 0 aliphatic heterocycles. The molecule has 66 valence electrons. The molecule has 0 fully saturated rings. The van der Waals surface area contributed by atoms with Gasteiger partial charge in [0.15, 0.2) is 0 Å². The largest absolute Gasteiger partial charge is 0.0447 e. The molecule has 12 heavy (non-hydrogen) atoms. The van der Waals surface area contributed by atoms with Gasteiger partial charge in [-0.1, -0.05) is 0 Å². The van der Waals surface area contributed by atoms with E-state index < -0.39 is 0 Å². The minimum absolute atomic E-state index is 1.42. The van der Waals surface area contributed by atoms with Crippen molar-refractivity contribution in [3.8, 4) is 0 Å². The molecule has 0 heterocycles. The average molecular weight is 274 g/mol. The summed E-state index contributed by atoms with van der Waals surface area (Å²) in [5.74, 6) is 0. The van der Waals surface area contributed by atoms with Gasteiger partial charge in [-0.05, 0) is 85.0 Å². The maximum Gasteiger partial charge on any atom is 0.0194 e. The van der Waals surface area contributed by atoms with Gasteiger partial charge in [-0.15, -0.1) is 0 Å². The van der Waals surface area contributed by atoms with Crippen LogP contribution in [0.4, 0.5) is 0 Å². The van der Waals surface area contributed by atoms with Crippen LogP contribution in [0, 0.1) is 38.2 Å². The van der Waals surface area contributed by atoms with Crippen molar-refractivity contribution in [3.63, 3.8) is 0 Å². The van der Waals surface area contributed by atoms with Gasteiger partial charge in [-0.3, -0.25) is 0 Å². The van der Waals surface area contributed by atoms with Gasteiger partial charge in [0.2, 0.25) is 0 Å². The minimum Gasteiger partial charge on any atom is -0.0447 e. The molecule has 0 radical (unpaired) electrons. The lowest BCUT2D eigenvalue weighted by Crippen LogP contribution is -1.98. The fraction of sp³-hybridized carbons (Fsp3) is 0.455. The van der Waals surface area contributed by atoms with Crippen molar-refractivity contribution in [1.29, 1.82) is 0 Å². The van der Waals surface area contributed by atoms with Gasteiger partial charge in [0, 0.05) is 3.57 Å². The third kappa shape index (κ3) is 1.39. The molecule has 0 unspecified atom stereocenters. The predicted octanol–water partition coefficient (Wildman–Crippen LogP) is 3.83. The maximum absolute atomic E-state index is 2.44. The highest BCUT2D eigenvalue weighted by Crippen LogP contribution is 2.26. The summed E-state index contributed by atoms with van der Waals surface area (Å²) < 4.78 is 1.42. The van der Waals surface area contributed by atoms with Crippen LogP contribution in [0.5, 0.6) is 0 Å². The fourth-order valence-corrected chi connectivity index (χ4v) is 2.26. The lowest BCUT2D eigenvalue weighted by atomic mass is 9.95. The Morgan fingerprint density at radius 2 is 0.833 bits per heavy atom. The molecule has 0 saturated carbocycles. The van der Waals surface area contributed by atoms with Gasteiger partial charge in [0.05, 0.1) is 0 Å². The molecule has 0 bridgehead atoms. The maximum atomic E-state index is 2.44. The Morgan fingerprint density at radius 3 is 1.17 bits per heavy atom. The minimum atomic E-state index is 1.42. The van der Waals surface area contributed by atoms with Gasteiger partial charge in [-0.25, -0.2) is 0 Å². The first-order valence-electron chi connectivity index (χ1n) is 4.19. The molecule has 0 aliphatic carbocycles. The van der Waals surface area contributed by atoms with E-state index in [-0.39, 0.29) is 0 Å². The van der Waals surface area contributed by atoms with Gasteiger partial charge in [0.1, 0.15) is 0 Å². The third-order valence-electron chi connectivity index (χ3n) is 2.91. The van der Waals surface area contributed by atoms with E-state index in [4.69, 9.17) is 0 Å². The lowest BCUT2D eigenvalue weighted by molar-refractivity contribution is 1.15. The summed E-state index contributed by atoms with van der Waals surface area (Å²) in [6.45, 7) is 11.0. The first-order valence-corrected chi connectivity index (χ1v) is 5.27. The molecule has 1 aromatic carbocycles. The number of benzene rings is 1. The molecule has 0 atom stereocenters. The predicted molar refractivity (Wildman–Crippen MR) is 62.8 cm³/mol. The summed E-state index contributed by atoms with van der Waals surface area (Å²) >= 11 is 2.44. The van der Waals surface area contributed by atoms with E-state index in [2.05, 4.69) is 57.2 Å². The average Bonchev–Trinajstić information content (AvgIpc) is 2.08. The van der Waals surface area contributed by atoms with E-state index >= 15 is 0 Å². The second-order valence-electron chi connectivity index (χ2n) is 3.44. The number of hydrogen-bond acceptors (Lipinski definition) is 0. The monoisotopic (exact) mass is 274 g/mol. The second kappa shape index (κ2) is 3.36. The summed E-state index contributed by atoms with van der Waals surface area (Å²) in [5, 5.41) is 0. The molecule has 0 aliphatic rings. The first-order chi connectivity index (χ1) is 5.46. The molecule has 1 aromatic rings. The highest BCUT2D eigenvalue weighted by atomic mass is 127.